The fourth-order valence-electron chi connectivity index (χ4n) is 2.51. The van der Waals surface area contributed by atoms with Gasteiger partial charge < -0.3 is 19.5 Å². The van der Waals surface area contributed by atoms with Crippen molar-refractivity contribution in [2.24, 2.45) is 5.92 Å². The predicted octanol–water partition coefficient (Wildman–Crippen LogP) is 3.34. The molecule has 1 amide bonds. The van der Waals surface area contributed by atoms with Crippen LogP contribution in [0.2, 0.25) is 0 Å². The minimum atomic E-state index is -0.835. The van der Waals surface area contributed by atoms with Crippen molar-refractivity contribution in [2.75, 3.05) is 14.2 Å². The molecule has 2 aromatic rings. The van der Waals surface area contributed by atoms with Gasteiger partial charge in [0.2, 0.25) is 0 Å². The molecule has 28 heavy (non-hydrogen) atoms. The summed E-state index contributed by atoms with van der Waals surface area (Å²) in [5.41, 5.74) is 0.882. The van der Waals surface area contributed by atoms with Crippen LogP contribution in [0.1, 0.15) is 29.8 Å². The number of carbonyl (C=O) groups is 2. The van der Waals surface area contributed by atoms with Crippen LogP contribution in [0.4, 0.5) is 4.39 Å². The first-order valence-electron chi connectivity index (χ1n) is 8.79. The molecule has 0 radical (unpaired) electrons. The van der Waals surface area contributed by atoms with Gasteiger partial charge in [0.25, 0.3) is 5.91 Å². The molecule has 6 nitrogen and oxygen atoms in total. The van der Waals surface area contributed by atoms with E-state index in [2.05, 4.69) is 5.32 Å². The SMILES string of the molecule is COc1ccc(C(=O)N[C@H](C(=O)OCc2ccc(OC)c(F)c2)C(C)C)cc1. The quantitative estimate of drug-likeness (QED) is 0.701. The highest BCUT2D eigenvalue weighted by Gasteiger charge is 2.26. The monoisotopic (exact) mass is 389 g/mol. The molecule has 0 saturated heterocycles. The van der Waals surface area contributed by atoms with Crippen LogP contribution in [0.5, 0.6) is 11.5 Å². The summed E-state index contributed by atoms with van der Waals surface area (Å²) in [4.78, 5) is 24.9. The molecule has 150 valence electrons. The normalized spacial score (nSPS) is 11.6. The van der Waals surface area contributed by atoms with Crippen LogP contribution >= 0.6 is 0 Å². The first-order chi connectivity index (χ1) is 13.3. The molecule has 1 atom stereocenters. The summed E-state index contributed by atoms with van der Waals surface area (Å²) in [5, 5.41) is 2.69. The summed E-state index contributed by atoms with van der Waals surface area (Å²) in [6.45, 7) is 3.49. The van der Waals surface area contributed by atoms with Crippen molar-refractivity contribution >= 4 is 11.9 Å². The third kappa shape index (κ3) is 5.45. The first kappa shape index (κ1) is 21.2. The number of benzene rings is 2. The van der Waals surface area contributed by atoms with Gasteiger partial charge in [-0.05, 0) is 47.9 Å². The lowest BCUT2D eigenvalue weighted by Crippen LogP contribution is -2.45. The number of nitrogens with one attached hydrogen (secondary N) is 1. The third-order valence-corrected chi connectivity index (χ3v) is 4.16. The maximum atomic E-state index is 13.7. The molecule has 0 spiro atoms. The number of carbonyl (C=O) groups excluding carboxylic acids is 2. The molecule has 0 bridgehead atoms. The van der Waals surface area contributed by atoms with E-state index in [0.717, 1.165) is 0 Å². The zero-order chi connectivity index (χ0) is 20.7. The Morgan fingerprint density at radius 3 is 2.25 bits per heavy atom. The maximum absolute atomic E-state index is 13.7. The van der Waals surface area contributed by atoms with Crippen LogP contribution in [0.15, 0.2) is 42.5 Å². The second-order valence-electron chi connectivity index (χ2n) is 6.50. The molecule has 0 aliphatic carbocycles. The molecule has 2 aromatic carbocycles. The van der Waals surface area contributed by atoms with Crippen LogP contribution in [-0.2, 0) is 16.1 Å². The van der Waals surface area contributed by atoms with E-state index in [1.807, 2.05) is 0 Å². The minimum Gasteiger partial charge on any atom is -0.497 e. The minimum absolute atomic E-state index is 0.110. The van der Waals surface area contributed by atoms with Crippen LogP contribution in [0.25, 0.3) is 0 Å². The Balaban J connectivity index is 2.00. The average molecular weight is 389 g/mol. The Bertz CT molecular complexity index is 820. The van der Waals surface area contributed by atoms with Gasteiger partial charge in [0.15, 0.2) is 11.6 Å². The second-order valence-corrected chi connectivity index (χ2v) is 6.50. The zero-order valence-corrected chi connectivity index (χ0v) is 16.3. The number of hydrogen-bond donors (Lipinski definition) is 1. The topological polar surface area (TPSA) is 73.9 Å². The molecule has 0 saturated carbocycles. The Morgan fingerprint density at radius 2 is 1.71 bits per heavy atom. The van der Waals surface area contributed by atoms with Crippen LogP contribution in [0, 0.1) is 11.7 Å². The molecule has 0 aromatic heterocycles. The number of methoxy groups -OCH3 is 2. The smallest absolute Gasteiger partial charge is 0.329 e. The van der Waals surface area contributed by atoms with Crippen molar-refractivity contribution in [2.45, 2.75) is 26.5 Å². The number of rotatable bonds is 8. The van der Waals surface area contributed by atoms with Crippen molar-refractivity contribution < 1.29 is 28.2 Å². The summed E-state index contributed by atoms with van der Waals surface area (Å²) < 4.78 is 28.9. The Hall–Kier alpha value is -3.09. The van der Waals surface area contributed by atoms with Gasteiger partial charge in [-0.25, -0.2) is 9.18 Å². The van der Waals surface area contributed by atoms with Crippen molar-refractivity contribution in [1.29, 1.82) is 0 Å². The summed E-state index contributed by atoms with van der Waals surface area (Å²) in [6.07, 6.45) is 0. The first-order valence-corrected chi connectivity index (χ1v) is 8.79. The van der Waals surface area contributed by atoms with E-state index >= 15 is 0 Å². The highest BCUT2D eigenvalue weighted by atomic mass is 19.1. The Labute approximate surface area is 163 Å². The van der Waals surface area contributed by atoms with Crippen LogP contribution < -0.4 is 14.8 Å². The van der Waals surface area contributed by atoms with Gasteiger partial charge in [0.1, 0.15) is 18.4 Å². The lowest BCUT2D eigenvalue weighted by Gasteiger charge is -2.21. The molecule has 0 heterocycles. The number of hydrogen-bond acceptors (Lipinski definition) is 5. The van der Waals surface area contributed by atoms with E-state index in [0.29, 0.717) is 16.9 Å². The van der Waals surface area contributed by atoms with Gasteiger partial charge >= 0.3 is 5.97 Å². The fourth-order valence-corrected chi connectivity index (χ4v) is 2.51. The van der Waals surface area contributed by atoms with E-state index in [1.54, 1.807) is 44.2 Å². The van der Waals surface area contributed by atoms with E-state index in [4.69, 9.17) is 14.2 Å². The predicted molar refractivity (Wildman–Crippen MR) is 102 cm³/mol. The Morgan fingerprint density at radius 1 is 1.04 bits per heavy atom. The van der Waals surface area contributed by atoms with Gasteiger partial charge in [0, 0.05) is 5.56 Å². The maximum Gasteiger partial charge on any atom is 0.329 e. The van der Waals surface area contributed by atoms with E-state index in [-0.39, 0.29) is 18.3 Å². The molecule has 0 fully saturated rings. The van der Waals surface area contributed by atoms with Gasteiger partial charge in [0.05, 0.1) is 14.2 Å². The summed E-state index contributed by atoms with van der Waals surface area (Å²) >= 11 is 0. The van der Waals surface area contributed by atoms with E-state index in [9.17, 15) is 14.0 Å². The molecule has 1 N–H and O–H groups in total. The van der Waals surface area contributed by atoms with E-state index < -0.39 is 23.7 Å². The van der Waals surface area contributed by atoms with Crippen molar-refractivity contribution in [3.8, 4) is 11.5 Å². The number of ether oxygens (including phenoxy) is 3. The number of esters is 1. The van der Waals surface area contributed by atoms with E-state index in [1.165, 1.54) is 26.4 Å². The second kappa shape index (κ2) is 9.73. The van der Waals surface area contributed by atoms with Crippen molar-refractivity contribution in [3.63, 3.8) is 0 Å². The molecule has 7 heteroatoms. The van der Waals surface area contributed by atoms with Gasteiger partial charge in [-0.2, -0.15) is 0 Å². The third-order valence-electron chi connectivity index (χ3n) is 4.16. The summed E-state index contributed by atoms with van der Waals surface area (Å²) in [5.74, 6) is -0.974. The van der Waals surface area contributed by atoms with Gasteiger partial charge in [-0.15, -0.1) is 0 Å². The highest BCUT2D eigenvalue weighted by Crippen LogP contribution is 2.18. The summed E-state index contributed by atoms with van der Waals surface area (Å²) in [6, 6.07) is 10.0. The van der Waals surface area contributed by atoms with Crippen molar-refractivity contribution in [1.82, 2.24) is 5.32 Å². The standard InChI is InChI=1S/C21H24FNO5/c1-13(2)19(23-20(24)15-6-8-16(26-3)9-7-15)21(25)28-12-14-5-10-18(27-4)17(22)11-14/h5-11,13,19H,12H2,1-4H3,(H,23,24)/t19-/m0/s1. The number of halogens is 1. The van der Waals surface area contributed by atoms with Crippen LogP contribution in [-0.4, -0.2) is 32.1 Å². The zero-order valence-electron chi connectivity index (χ0n) is 16.3. The molecule has 0 aliphatic heterocycles. The average Bonchev–Trinajstić information content (AvgIpc) is 2.70. The highest BCUT2D eigenvalue weighted by molar-refractivity contribution is 5.96. The summed E-state index contributed by atoms with van der Waals surface area (Å²) in [7, 11) is 2.91. The molecular formula is C21H24FNO5. The molecule has 0 unspecified atom stereocenters. The molecular weight excluding hydrogens is 365 g/mol. The van der Waals surface area contributed by atoms with Crippen molar-refractivity contribution in [3.05, 3.63) is 59.4 Å². The lowest BCUT2D eigenvalue weighted by atomic mass is 10.0. The Kier molecular flexibility index (Phi) is 7.37. The largest absolute Gasteiger partial charge is 0.497 e. The van der Waals surface area contributed by atoms with Gasteiger partial charge in [-0.1, -0.05) is 19.9 Å². The van der Waals surface area contributed by atoms with Gasteiger partial charge in [-0.3, -0.25) is 4.79 Å². The fraction of sp³-hybridized carbons (Fsp3) is 0.333. The number of amides is 1. The van der Waals surface area contributed by atoms with Crippen LogP contribution in [0.3, 0.4) is 0 Å². The molecule has 2 rings (SSSR count). The molecule has 0 aliphatic rings. The lowest BCUT2D eigenvalue weighted by molar-refractivity contribution is -0.148.